The lowest BCUT2D eigenvalue weighted by Gasteiger charge is -2.26. The molecule has 2 aromatic rings. The van der Waals surface area contributed by atoms with E-state index in [-0.39, 0.29) is 12.0 Å². The summed E-state index contributed by atoms with van der Waals surface area (Å²) >= 11 is 0. The quantitative estimate of drug-likeness (QED) is 0.942. The van der Waals surface area contributed by atoms with E-state index >= 15 is 0 Å². The summed E-state index contributed by atoms with van der Waals surface area (Å²) in [5.74, 6) is 2.04. The van der Waals surface area contributed by atoms with E-state index in [4.69, 9.17) is 9.47 Å². The van der Waals surface area contributed by atoms with Crippen molar-refractivity contribution in [3.8, 4) is 11.5 Å². The highest BCUT2D eigenvalue weighted by atomic mass is 16.6. The molecular formula is C17H18N2O3. The molecule has 5 nitrogen and oxygen atoms in total. The van der Waals surface area contributed by atoms with Gasteiger partial charge in [0.2, 0.25) is 5.91 Å². The molecule has 0 saturated carbocycles. The second-order valence-electron chi connectivity index (χ2n) is 5.25. The van der Waals surface area contributed by atoms with Gasteiger partial charge < -0.3 is 14.8 Å². The zero-order valence-electron chi connectivity index (χ0n) is 12.4. The lowest BCUT2D eigenvalue weighted by molar-refractivity contribution is -0.116. The van der Waals surface area contributed by atoms with E-state index < -0.39 is 0 Å². The maximum Gasteiger partial charge on any atom is 0.225 e. The molecule has 114 valence electrons. The molecule has 5 heteroatoms. The van der Waals surface area contributed by atoms with E-state index in [1.165, 1.54) is 0 Å². The fourth-order valence-corrected chi connectivity index (χ4v) is 2.31. The summed E-state index contributed by atoms with van der Waals surface area (Å²) in [6, 6.07) is 11.3. The standard InChI is InChI=1S/C17H18N2O3/c1-12-5-4-10-18-17(12)19-16(20)9-8-13-11-21-14-6-2-3-7-15(14)22-13/h2-7,10,13H,8-9,11H2,1H3,(H,18,19,20). The average Bonchev–Trinajstić information content (AvgIpc) is 2.55. The Morgan fingerprint density at radius 1 is 1.27 bits per heavy atom. The predicted octanol–water partition coefficient (Wildman–Crippen LogP) is 2.95. The summed E-state index contributed by atoms with van der Waals surface area (Å²) in [6.07, 6.45) is 2.53. The third-order valence-corrected chi connectivity index (χ3v) is 3.53. The lowest BCUT2D eigenvalue weighted by Crippen LogP contribution is -2.30. The number of fused-ring (bicyclic) bond motifs is 1. The van der Waals surface area contributed by atoms with Gasteiger partial charge in [0.05, 0.1) is 0 Å². The topological polar surface area (TPSA) is 60.5 Å². The van der Waals surface area contributed by atoms with Crippen molar-refractivity contribution >= 4 is 11.7 Å². The molecule has 1 N–H and O–H groups in total. The molecule has 0 spiro atoms. The molecule has 1 aromatic heterocycles. The van der Waals surface area contributed by atoms with Crippen LogP contribution < -0.4 is 14.8 Å². The first-order valence-electron chi connectivity index (χ1n) is 7.32. The number of rotatable bonds is 4. The summed E-state index contributed by atoms with van der Waals surface area (Å²) in [4.78, 5) is 16.2. The van der Waals surface area contributed by atoms with Gasteiger partial charge in [-0.2, -0.15) is 0 Å². The Balaban J connectivity index is 1.51. The molecule has 2 heterocycles. The number of ether oxygens (including phenoxy) is 2. The number of carbonyl (C=O) groups is 1. The van der Waals surface area contributed by atoms with Gasteiger partial charge in [0.1, 0.15) is 18.5 Å². The van der Waals surface area contributed by atoms with Crippen LogP contribution in [0.3, 0.4) is 0 Å². The van der Waals surface area contributed by atoms with Crippen molar-refractivity contribution in [2.75, 3.05) is 11.9 Å². The Hall–Kier alpha value is -2.56. The second kappa shape index (κ2) is 6.47. The SMILES string of the molecule is Cc1cccnc1NC(=O)CCC1COc2ccccc2O1. The van der Waals surface area contributed by atoms with Gasteiger partial charge in [-0.3, -0.25) is 4.79 Å². The summed E-state index contributed by atoms with van der Waals surface area (Å²) in [7, 11) is 0. The van der Waals surface area contributed by atoms with Crippen LogP contribution in [0.4, 0.5) is 5.82 Å². The Morgan fingerprint density at radius 2 is 2.09 bits per heavy atom. The molecule has 1 amide bonds. The molecule has 3 rings (SSSR count). The third-order valence-electron chi connectivity index (χ3n) is 3.53. The van der Waals surface area contributed by atoms with Gasteiger partial charge in [0.25, 0.3) is 0 Å². The highest BCUT2D eigenvalue weighted by Gasteiger charge is 2.21. The van der Waals surface area contributed by atoms with Crippen molar-refractivity contribution in [1.29, 1.82) is 0 Å². The van der Waals surface area contributed by atoms with Gasteiger partial charge in [0, 0.05) is 12.6 Å². The molecule has 0 bridgehead atoms. The largest absolute Gasteiger partial charge is 0.486 e. The molecule has 1 aromatic carbocycles. The maximum absolute atomic E-state index is 12.0. The number of amides is 1. The third kappa shape index (κ3) is 3.36. The molecule has 0 radical (unpaired) electrons. The molecule has 1 aliphatic heterocycles. The second-order valence-corrected chi connectivity index (χ2v) is 5.25. The van der Waals surface area contributed by atoms with Crippen molar-refractivity contribution in [2.24, 2.45) is 0 Å². The number of aromatic nitrogens is 1. The van der Waals surface area contributed by atoms with E-state index in [0.29, 0.717) is 25.3 Å². The van der Waals surface area contributed by atoms with Crippen LogP contribution in [-0.4, -0.2) is 23.6 Å². The number of nitrogens with zero attached hydrogens (tertiary/aromatic N) is 1. The van der Waals surface area contributed by atoms with Crippen LogP contribution in [0.15, 0.2) is 42.6 Å². The normalized spacial score (nSPS) is 16.1. The van der Waals surface area contributed by atoms with Gasteiger partial charge in [-0.15, -0.1) is 0 Å². The summed E-state index contributed by atoms with van der Waals surface area (Å²) in [6.45, 7) is 2.38. The number of benzene rings is 1. The Bertz CT molecular complexity index is 672. The van der Waals surface area contributed by atoms with Crippen LogP contribution in [0.2, 0.25) is 0 Å². The molecule has 0 fully saturated rings. The Morgan fingerprint density at radius 3 is 2.91 bits per heavy atom. The van der Waals surface area contributed by atoms with Crippen molar-refractivity contribution in [3.05, 3.63) is 48.2 Å². The molecular weight excluding hydrogens is 280 g/mol. The average molecular weight is 298 g/mol. The monoisotopic (exact) mass is 298 g/mol. The van der Waals surface area contributed by atoms with Crippen molar-refractivity contribution in [3.63, 3.8) is 0 Å². The van der Waals surface area contributed by atoms with Crippen molar-refractivity contribution in [1.82, 2.24) is 4.98 Å². The number of anilines is 1. The number of carbonyl (C=O) groups excluding carboxylic acids is 1. The fraction of sp³-hybridized carbons (Fsp3) is 0.294. The smallest absolute Gasteiger partial charge is 0.225 e. The number of nitrogens with one attached hydrogen (secondary N) is 1. The molecule has 1 aliphatic rings. The fourth-order valence-electron chi connectivity index (χ4n) is 2.31. The summed E-state index contributed by atoms with van der Waals surface area (Å²) in [5, 5.41) is 2.82. The molecule has 22 heavy (non-hydrogen) atoms. The van der Waals surface area contributed by atoms with Gasteiger partial charge in [-0.25, -0.2) is 4.98 Å². The number of pyridine rings is 1. The molecule has 0 saturated heterocycles. The number of hydrogen-bond donors (Lipinski definition) is 1. The summed E-state index contributed by atoms with van der Waals surface area (Å²) in [5.41, 5.74) is 0.946. The number of para-hydroxylation sites is 2. The van der Waals surface area contributed by atoms with E-state index in [1.54, 1.807) is 6.20 Å². The molecule has 1 atom stereocenters. The van der Waals surface area contributed by atoms with Crippen molar-refractivity contribution < 1.29 is 14.3 Å². The minimum absolute atomic E-state index is 0.0655. The van der Waals surface area contributed by atoms with Crippen LogP contribution in [0.5, 0.6) is 11.5 Å². The Labute approximate surface area is 129 Å². The minimum atomic E-state index is -0.106. The van der Waals surface area contributed by atoms with E-state index in [1.807, 2.05) is 43.3 Å². The molecule has 0 aliphatic carbocycles. The van der Waals surface area contributed by atoms with Gasteiger partial charge in [-0.1, -0.05) is 18.2 Å². The highest BCUT2D eigenvalue weighted by molar-refractivity contribution is 5.90. The first kappa shape index (κ1) is 14.4. The predicted molar refractivity (Wildman–Crippen MR) is 83.2 cm³/mol. The van der Waals surface area contributed by atoms with E-state index in [9.17, 15) is 4.79 Å². The zero-order chi connectivity index (χ0) is 15.4. The molecule has 1 unspecified atom stereocenters. The lowest BCUT2D eigenvalue weighted by atomic mass is 10.1. The van der Waals surface area contributed by atoms with Crippen LogP contribution in [0.1, 0.15) is 18.4 Å². The zero-order valence-corrected chi connectivity index (χ0v) is 12.4. The van der Waals surface area contributed by atoms with Crippen LogP contribution in [0, 0.1) is 6.92 Å². The van der Waals surface area contributed by atoms with Crippen molar-refractivity contribution in [2.45, 2.75) is 25.9 Å². The highest BCUT2D eigenvalue weighted by Crippen LogP contribution is 2.31. The first-order valence-corrected chi connectivity index (χ1v) is 7.32. The van der Waals surface area contributed by atoms with E-state index in [0.717, 1.165) is 17.1 Å². The summed E-state index contributed by atoms with van der Waals surface area (Å²) < 4.78 is 11.5. The van der Waals surface area contributed by atoms with Crippen LogP contribution in [-0.2, 0) is 4.79 Å². The van der Waals surface area contributed by atoms with Gasteiger partial charge in [0.15, 0.2) is 11.5 Å². The Kier molecular flexibility index (Phi) is 4.23. The minimum Gasteiger partial charge on any atom is -0.486 e. The van der Waals surface area contributed by atoms with Crippen LogP contribution >= 0.6 is 0 Å². The van der Waals surface area contributed by atoms with Gasteiger partial charge >= 0.3 is 0 Å². The first-order chi connectivity index (χ1) is 10.7. The van der Waals surface area contributed by atoms with Gasteiger partial charge in [-0.05, 0) is 37.1 Å². The van der Waals surface area contributed by atoms with E-state index in [2.05, 4.69) is 10.3 Å². The van der Waals surface area contributed by atoms with Crippen LogP contribution in [0.25, 0.3) is 0 Å². The number of aryl methyl sites for hydroxylation is 1. The number of hydrogen-bond acceptors (Lipinski definition) is 4. The maximum atomic E-state index is 12.0.